The summed E-state index contributed by atoms with van der Waals surface area (Å²) in [6.07, 6.45) is 1.74. The Kier molecular flexibility index (Phi) is 6.70. The molecule has 33 heavy (non-hydrogen) atoms. The lowest BCUT2D eigenvalue weighted by Gasteiger charge is -2.30. The second kappa shape index (κ2) is 9.67. The molecule has 1 aromatic rings. The highest BCUT2D eigenvalue weighted by molar-refractivity contribution is 6.25. The van der Waals surface area contributed by atoms with Gasteiger partial charge in [-0.05, 0) is 31.4 Å². The lowest BCUT2D eigenvalue weighted by Crippen LogP contribution is -2.54. The summed E-state index contributed by atoms with van der Waals surface area (Å²) in [7, 11) is 0. The minimum absolute atomic E-state index is 0.0372. The number of likely N-dealkylation sites (tertiary alicyclic amines) is 1. The van der Waals surface area contributed by atoms with Crippen LogP contribution in [-0.4, -0.2) is 84.3 Å². The number of imide groups is 2. The Labute approximate surface area is 190 Å². The van der Waals surface area contributed by atoms with Crippen LogP contribution in [0.3, 0.4) is 0 Å². The van der Waals surface area contributed by atoms with Gasteiger partial charge in [0.25, 0.3) is 11.8 Å². The number of carbonyl (C=O) groups excluding carboxylic acids is 5. The Balaban J connectivity index is 1.32. The maximum absolute atomic E-state index is 13.0. The quantitative estimate of drug-likeness (QED) is 0.365. The van der Waals surface area contributed by atoms with Gasteiger partial charge in [0.1, 0.15) is 12.6 Å². The Morgan fingerprint density at radius 1 is 1.12 bits per heavy atom. The van der Waals surface area contributed by atoms with E-state index >= 15 is 0 Å². The number of carbonyl (C=O) groups is 5. The molecule has 0 spiro atoms. The van der Waals surface area contributed by atoms with Crippen molar-refractivity contribution in [1.29, 1.82) is 0 Å². The summed E-state index contributed by atoms with van der Waals surface area (Å²) in [5.74, 6) is -2.28. The molecular formula is C22H27N5O6. The summed E-state index contributed by atoms with van der Waals surface area (Å²) in [5, 5.41) is 5.25. The molecule has 1 aromatic carbocycles. The smallest absolute Gasteiger partial charge is 0.264 e. The normalized spacial score (nSPS) is 21.3. The van der Waals surface area contributed by atoms with Crippen LogP contribution in [0, 0.1) is 0 Å². The number of nitrogens with one attached hydrogen (secondary N) is 2. The van der Waals surface area contributed by atoms with Crippen molar-refractivity contribution in [2.75, 3.05) is 38.2 Å². The molecule has 3 aliphatic heterocycles. The van der Waals surface area contributed by atoms with Crippen molar-refractivity contribution in [1.82, 2.24) is 15.1 Å². The molecular weight excluding hydrogens is 430 g/mol. The first-order chi connectivity index (χ1) is 15.9. The zero-order chi connectivity index (χ0) is 23.5. The molecule has 3 heterocycles. The molecule has 0 aromatic heterocycles. The summed E-state index contributed by atoms with van der Waals surface area (Å²) in [6, 6.07) is 3.98. The highest BCUT2D eigenvalue weighted by Crippen LogP contribution is 2.32. The van der Waals surface area contributed by atoms with Crippen LogP contribution in [0.25, 0.3) is 0 Å². The number of hydrogen-bond donors (Lipinski definition) is 3. The largest absolute Gasteiger partial charge is 0.382 e. The van der Waals surface area contributed by atoms with Crippen LogP contribution in [0.4, 0.5) is 5.69 Å². The highest BCUT2D eigenvalue weighted by atomic mass is 16.5. The van der Waals surface area contributed by atoms with Crippen molar-refractivity contribution in [2.45, 2.75) is 37.8 Å². The monoisotopic (exact) mass is 457 g/mol. The first-order valence-corrected chi connectivity index (χ1v) is 11.1. The summed E-state index contributed by atoms with van der Waals surface area (Å²) in [5.41, 5.74) is 6.69. The molecule has 3 aliphatic rings. The van der Waals surface area contributed by atoms with Gasteiger partial charge in [0.05, 0.1) is 17.7 Å². The average molecular weight is 457 g/mol. The van der Waals surface area contributed by atoms with Crippen molar-refractivity contribution >= 4 is 35.2 Å². The van der Waals surface area contributed by atoms with Crippen LogP contribution in [0.5, 0.6) is 0 Å². The van der Waals surface area contributed by atoms with E-state index in [-0.39, 0.29) is 49.1 Å². The van der Waals surface area contributed by atoms with Crippen molar-refractivity contribution in [3.05, 3.63) is 29.3 Å². The van der Waals surface area contributed by atoms with E-state index in [2.05, 4.69) is 10.6 Å². The number of benzene rings is 1. The van der Waals surface area contributed by atoms with E-state index in [1.165, 1.54) is 6.07 Å². The number of ether oxygens (including phenoxy) is 1. The van der Waals surface area contributed by atoms with Crippen LogP contribution < -0.4 is 16.4 Å². The Hall–Kier alpha value is -3.31. The first-order valence-electron chi connectivity index (χ1n) is 11.1. The molecule has 4 N–H and O–H groups in total. The molecule has 0 bridgehead atoms. The third-order valence-corrected chi connectivity index (χ3v) is 6.15. The van der Waals surface area contributed by atoms with Crippen LogP contribution >= 0.6 is 0 Å². The number of fused-ring (bicyclic) bond motifs is 1. The number of amides is 5. The van der Waals surface area contributed by atoms with Crippen molar-refractivity contribution in [3.8, 4) is 0 Å². The molecule has 5 amide bonds. The number of piperidine rings is 2. The second-order valence-corrected chi connectivity index (χ2v) is 8.37. The molecule has 0 radical (unpaired) electrons. The van der Waals surface area contributed by atoms with Crippen LogP contribution in [0.1, 0.15) is 46.4 Å². The zero-order valence-corrected chi connectivity index (χ0v) is 18.2. The summed E-state index contributed by atoms with van der Waals surface area (Å²) in [4.78, 5) is 64.4. The van der Waals surface area contributed by atoms with E-state index in [0.29, 0.717) is 25.3 Å². The minimum Gasteiger partial charge on any atom is -0.382 e. The summed E-state index contributed by atoms with van der Waals surface area (Å²) >= 11 is 0. The van der Waals surface area contributed by atoms with Crippen molar-refractivity contribution < 1.29 is 28.7 Å². The van der Waals surface area contributed by atoms with Gasteiger partial charge in [0.2, 0.25) is 17.7 Å². The van der Waals surface area contributed by atoms with Gasteiger partial charge in [-0.25, -0.2) is 0 Å². The van der Waals surface area contributed by atoms with Gasteiger partial charge in [-0.15, -0.1) is 0 Å². The van der Waals surface area contributed by atoms with E-state index in [9.17, 15) is 24.0 Å². The third kappa shape index (κ3) is 4.74. The van der Waals surface area contributed by atoms with Crippen molar-refractivity contribution in [2.24, 2.45) is 5.73 Å². The molecule has 0 saturated carbocycles. The molecule has 2 saturated heterocycles. The van der Waals surface area contributed by atoms with Crippen LogP contribution in [0.15, 0.2) is 18.2 Å². The lowest BCUT2D eigenvalue weighted by atomic mass is 10.0. The van der Waals surface area contributed by atoms with Crippen molar-refractivity contribution in [3.63, 3.8) is 0 Å². The topological polar surface area (TPSA) is 151 Å². The molecule has 1 unspecified atom stereocenters. The van der Waals surface area contributed by atoms with Gasteiger partial charge in [-0.2, -0.15) is 0 Å². The fourth-order valence-corrected chi connectivity index (χ4v) is 4.32. The lowest BCUT2D eigenvalue weighted by molar-refractivity contribution is -0.137. The van der Waals surface area contributed by atoms with Crippen LogP contribution in [0.2, 0.25) is 0 Å². The molecule has 11 heteroatoms. The molecule has 0 aliphatic carbocycles. The number of rotatable bonds is 7. The van der Waals surface area contributed by atoms with Gasteiger partial charge in [-0.3, -0.25) is 34.2 Å². The van der Waals surface area contributed by atoms with E-state index in [1.807, 2.05) is 0 Å². The fourth-order valence-electron chi connectivity index (χ4n) is 4.32. The second-order valence-electron chi connectivity index (χ2n) is 8.37. The predicted octanol–water partition coefficient (Wildman–Crippen LogP) is -0.534. The van der Waals surface area contributed by atoms with E-state index in [0.717, 1.165) is 17.7 Å². The Morgan fingerprint density at radius 2 is 1.88 bits per heavy atom. The van der Waals surface area contributed by atoms with E-state index in [1.54, 1.807) is 17.0 Å². The maximum atomic E-state index is 13.0. The SMILES string of the molecule is NC1CCN(C(=O)COCCNc2cccc3c2C(=O)N(C2CCC(=O)NC2=O)C3=O)CC1. The van der Waals surface area contributed by atoms with Gasteiger partial charge in [0, 0.05) is 37.8 Å². The highest BCUT2D eigenvalue weighted by Gasteiger charge is 2.45. The van der Waals surface area contributed by atoms with E-state index in [4.69, 9.17) is 10.5 Å². The average Bonchev–Trinajstić information content (AvgIpc) is 3.05. The first kappa shape index (κ1) is 22.9. The standard InChI is InChI=1S/C22H27N5O6/c23-13-6-9-26(10-7-13)18(29)12-33-11-8-24-15-3-1-2-14-19(15)22(32)27(21(14)31)16-4-5-17(28)25-20(16)30/h1-3,13,16,24H,4-12,23H2,(H,25,28,30). The summed E-state index contributed by atoms with van der Waals surface area (Å²) in [6.45, 7) is 1.77. The maximum Gasteiger partial charge on any atom is 0.264 e. The molecule has 176 valence electrons. The van der Waals surface area contributed by atoms with Gasteiger partial charge < -0.3 is 20.7 Å². The minimum atomic E-state index is -1.01. The number of anilines is 1. The molecule has 4 rings (SSSR count). The molecule has 2 fully saturated rings. The third-order valence-electron chi connectivity index (χ3n) is 6.15. The number of nitrogens with zero attached hydrogens (tertiary/aromatic N) is 2. The fraction of sp³-hybridized carbons (Fsp3) is 0.500. The van der Waals surface area contributed by atoms with E-state index < -0.39 is 29.7 Å². The molecule has 11 nitrogen and oxygen atoms in total. The van der Waals surface area contributed by atoms with Gasteiger partial charge in [-0.1, -0.05) is 6.07 Å². The number of nitrogens with two attached hydrogens (primary N) is 1. The number of hydrogen-bond acceptors (Lipinski definition) is 8. The Bertz CT molecular complexity index is 987. The predicted molar refractivity (Wildman–Crippen MR) is 116 cm³/mol. The Morgan fingerprint density at radius 3 is 2.61 bits per heavy atom. The van der Waals surface area contributed by atoms with Gasteiger partial charge >= 0.3 is 0 Å². The zero-order valence-electron chi connectivity index (χ0n) is 18.2. The van der Waals surface area contributed by atoms with Crippen LogP contribution in [-0.2, 0) is 19.1 Å². The van der Waals surface area contributed by atoms with Gasteiger partial charge in [0.15, 0.2) is 0 Å². The summed E-state index contributed by atoms with van der Waals surface area (Å²) < 4.78 is 5.47. The molecule has 1 atom stereocenters.